The fourth-order valence-corrected chi connectivity index (χ4v) is 4.19. The summed E-state index contributed by atoms with van der Waals surface area (Å²) >= 11 is 0. The Bertz CT molecular complexity index is 737. The van der Waals surface area contributed by atoms with E-state index in [1.807, 2.05) is 18.5 Å². The minimum Gasteiger partial charge on any atom is -0.481 e. The lowest BCUT2D eigenvalue weighted by molar-refractivity contribution is 0.200. The van der Waals surface area contributed by atoms with Crippen molar-refractivity contribution in [2.75, 3.05) is 31.6 Å². The van der Waals surface area contributed by atoms with Crippen LogP contribution in [0, 0.1) is 12.8 Å². The van der Waals surface area contributed by atoms with Crippen molar-refractivity contribution >= 4 is 5.82 Å². The first-order valence-corrected chi connectivity index (χ1v) is 8.98. The van der Waals surface area contributed by atoms with Crippen molar-refractivity contribution in [1.29, 1.82) is 0 Å². The van der Waals surface area contributed by atoms with Crippen LogP contribution in [0.4, 0.5) is 5.82 Å². The number of fused-ring (bicyclic) bond motifs is 1. The van der Waals surface area contributed by atoms with Gasteiger partial charge in [-0.25, -0.2) is 9.97 Å². The molecule has 132 valence electrons. The van der Waals surface area contributed by atoms with Gasteiger partial charge in [0.15, 0.2) is 0 Å². The molecule has 2 aliphatic rings. The molecule has 0 saturated carbocycles. The van der Waals surface area contributed by atoms with Gasteiger partial charge in [0, 0.05) is 44.1 Å². The van der Waals surface area contributed by atoms with E-state index in [4.69, 9.17) is 4.74 Å². The molecule has 0 aromatic carbocycles. The third kappa shape index (κ3) is 3.44. The molecule has 25 heavy (non-hydrogen) atoms. The second-order valence-corrected chi connectivity index (χ2v) is 7.11. The van der Waals surface area contributed by atoms with Gasteiger partial charge in [-0.2, -0.15) is 0 Å². The van der Waals surface area contributed by atoms with Gasteiger partial charge in [0.25, 0.3) is 0 Å². The van der Waals surface area contributed by atoms with Gasteiger partial charge in [-0.15, -0.1) is 0 Å². The molecule has 2 atom stereocenters. The van der Waals surface area contributed by atoms with Crippen LogP contribution in [0.15, 0.2) is 30.9 Å². The summed E-state index contributed by atoms with van der Waals surface area (Å²) in [5.74, 6) is 2.38. The summed E-state index contributed by atoms with van der Waals surface area (Å²) in [6.07, 6.45) is 8.02. The van der Waals surface area contributed by atoms with Crippen molar-refractivity contribution in [2.24, 2.45) is 5.92 Å². The first-order chi connectivity index (χ1) is 12.2. The summed E-state index contributed by atoms with van der Waals surface area (Å²) in [7, 11) is 1.65. The molecule has 2 fully saturated rings. The number of pyridine rings is 1. The highest BCUT2D eigenvalue weighted by Gasteiger charge is 2.38. The lowest BCUT2D eigenvalue weighted by Crippen LogP contribution is -2.48. The zero-order chi connectivity index (χ0) is 17.2. The molecule has 6 heteroatoms. The second kappa shape index (κ2) is 6.96. The third-order valence-corrected chi connectivity index (χ3v) is 5.46. The number of aromatic nitrogens is 3. The van der Waals surface area contributed by atoms with E-state index in [-0.39, 0.29) is 0 Å². The normalized spacial score (nSPS) is 23.5. The maximum Gasteiger partial charge on any atom is 0.218 e. The number of hydrogen-bond acceptors (Lipinski definition) is 6. The minimum atomic E-state index is 0.579. The van der Waals surface area contributed by atoms with Crippen molar-refractivity contribution in [3.05, 3.63) is 42.0 Å². The van der Waals surface area contributed by atoms with E-state index in [2.05, 4.69) is 37.7 Å². The summed E-state index contributed by atoms with van der Waals surface area (Å²) in [6.45, 7) is 6.33. The number of methoxy groups -OCH3 is 1. The Balaban J connectivity index is 1.48. The molecule has 2 aromatic heterocycles. The fraction of sp³-hybridized carbons (Fsp3) is 0.526. The molecule has 4 rings (SSSR count). The molecule has 2 unspecified atom stereocenters. The van der Waals surface area contributed by atoms with E-state index in [0.29, 0.717) is 11.9 Å². The summed E-state index contributed by atoms with van der Waals surface area (Å²) in [6, 6.07) is 4.76. The van der Waals surface area contributed by atoms with Gasteiger partial charge in [0.1, 0.15) is 12.1 Å². The molecule has 2 aromatic rings. The number of aryl methyl sites for hydroxylation is 1. The Morgan fingerprint density at radius 1 is 1.16 bits per heavy atom. The summed E-state index contributed by atoms with van der Waals surface area (Å²) in [4.78, 5) is 17.9. The smallest absolute Gasteiger partial charge is 0.218 e. The first kappa shape index (κ1) is 16.3. The Hall–Kier alpha value is -2.21. The van der Waals surface area contributed by atoms with Crippen LogP contribution in [-0.4, -0.2) is 52.6 Å². The SMILES string of the molecule is COc1cc(N2CCC3CCN(Cc4cncc(C)c4)C3C2)ncn1. The van der Waals surface area contributed by atoms with Crippen molar-refractivity contribution in [3.63, 3.8) is 0 Å². The van der Waals surface area contributed by atoms with Gasteiger partial charge < -0.3 is 9.64 Å². The summed E-state index contributed by atoms with van der Waals surface area (Å²) < 4.78 is 5.25. The van der Waals surface area contributed by atoms with Crippen LogP contribution in [0.3, 0.4) is 0 Å². The number of hydrogen-bond donors (Lipinski definition) is 0. The lowest BCUT2D eigenvalue weighted by Gasteiger charge is -2.39. The van der Waals surface area contributed by atoms with E-state index < -0.39 is 0 Å². The molecular formula is C19H25N5O. The molecule has 2 saturated heterocycles. The maximum absolute atomic E-state index is 5.25. The Morgan fingerprint density at radius 3 is 2.88 bits per heavy atom. The van der Waals surface area contributed by atoms with Gasteiger partial charge in [0.2, 0.25) is 5.88 Å². The zero-order valence-electron chi connectivity index (χ0n) is 14.9. The van der Waals surface area contributed by atoms with Gasteiger partial charge in [-0.1, -0.05) is 6.07 Å². The van der Waals surface area contributed by atoms with Crippen LogP contribution < -0.4 is 9.64 Å². The van der Waals surface area contributed by atoms with E-state index in [1.54, 1.807) is 13.4 Å². The van der Waals surface area contributed by atoms with E-state index >= 15 is 0 Å². The van der Waals surface area contributed by atoms with E-state index in [0.717, 1.165) is 31.4 Å². The van der Waals surface area contributed by atoms with Gasteiger partial charge in [-0.05, 0) is 43.4 Å². The summed E-state index contributed by atoms with van der Waals surface area (Å²) in [5, 5.41) is 0. The molecule has 2 aliphatic heterocycles. The average Bonchev–Trinajstić information content (AvgIpc) is 3.04. The standard InChI is InChI=1S/C19H25N5O/c1-14-7-15(10-20-9-14)11-23-5-3-16-4-6-24(12-17(16)23)18-8-19(25-2)22-13-21-18/h7-10,13,16-17H,3-6,11-12H2,1-2H3. The Morgan fingerprint density at radius 2 is 2.04 bits per heavy atom. The number of anilines is 1. The topological polar surface area (TPSA) is 54.4 Å². The van der Waals surface area contributed by atoms with E-state index in [9.17, 15) is 0 Å². The quantitative estimate of drug-likeness (QED) is 0.852. The highest BCUT2D eigenvalue weighted by molar-refractivity contribution is 5.41. The molecule has 0 N–H and O–H groups in total. The number of likely N-dealkylation sites (tertiary alicyclic amines) is 1. The fourth-order valence-electron chi connectivity index (χ4n) is 4.19. The van der Waals surface area contributed by atoms with Gasteiger partial charge >= 0.3 is 0 Å². The second-order valence-electron chi connectivity index (χ2n) is 7.11. The molecule has 6 nitrogen and oxygen atoms in total. The average molecular weight is 339 g/mol. The lowest BCUT2D eigenvalue weighted by atomic mass is 9.92. The summed E-state index contributed by atoms with van der Waals surface area (Å²) in [5.41, 5.74) is 2.54. The molecule has 0 spiro atoms. The highest BCUT2D eigenvalue weighted by Crippen LogP contribution is 2.34. The van der Waals surface area contributed by atoms with Gasteiger partial charge in [0.05, 0.1) is 7.11 Å². The van der Waals surface area contributed by atoms with Crippen molar-refractivity contribution < 1.29 is 4.74 Å². The Labute approximate surface area is 148 Å². The van der Waals surface area contributed by atoms with Crippen molar-refractivity contribution in [3.8, 4) is 5.88 Å². The van der Waals surface area contributed by atoms with E-state index in [1.165, 1.54) is 30.5 Å². The molecule has 4 heterocycles. The molecular weight excluding hydrogens is 314 g/mol. The molecule has 0 bridgehead atoms. The largest absolute Gasteiger partial charge is 0.481 e. The monoisotopic (exact) mass is 339 g/mol. The first-order valence-electron chi connectivity index (χ1n) is 8.98. The van der Waals surface area contributed by atoms with Crippen molar-refractivity contribution in [2.45, 2.75) is 32.4 Å². The predicted octanol–water partition coefficient (Wildman–Crippen LogP) is 2.29. The maximum atomic E-state index is 5.25. The third-order valence-electron chi connectivity index (χ3n) is 5.46. The van der Waals surface area contributed by atoms with Crippen LogP contribution in [0.25, 0.3) is 0 Å². The van der Waals surface area contributed by atoms with Crippen LogP contribution in [0.1, 0.15) is 24.0 Å². The predicted molar refractivity (Wildman–Crippen MR) is 96.7 cm³/mol. The van der Waals surface area contributed by atoms with Crippen LogP contribution >= 0.6 is 0 Å². The number of rotatable bonds is 4. The molecule has 0 aliphatic carbocycles. The number of piperidine rings is 1. The molecule has 0 amide bonds. The highest BCUT2D eigenvalue weighted by atomic mass is 16.5. The van der Waals surface area contributed by atoms with Gasteiger partial charge in [-0.3, -0.25) is 9.88 Å². The minimum absolute atomic E-state index is 0.579. The number of ether oxygens (including phenoxy) is 1. The molecule has 0 radical (unpaired) electrons. The zero-order valence-corrected chi connectivity index (χ0v) is 14.9. The van der Waals surface area contributed by atoms with Crippen LogP contribution in [0.2, 0.25) is 0 Å². The van der Waals surface area contributed by atoms with Crippen molar-refractivity contribution in [1.82, 2.24) is 19.9 Å². The van der Waals surface area contributed by atoms with Crippen LogP contribution in [0.5, 0.6) is 5.88 Å². The van der Waals surface area contributed by atoms with Crippen LogP contribution in [-0.2, 0) is 6.54 Å². The number of nitrogens with zero attached hydrogens (tertiary/aromatic N) is 5. The Kier molecular flexibility index (Phi) is 4.53.